The summed E-state index contributed by atoms with van der Waals surface area (Å²) in [5.74, 6) is 0.224. The van der Waals surface area contributed by atoms with Crippen molar-refractivity contribution in [1.82, 2.24) is 4.90 Å². The lowest BCUT2D eigenvalue weighted by Crippen LogP contribution is -2.33. The van der Waals surface area contributed by atoms with Crippen molar-refractivity contribution in [3.63, 3.8) is 0 Å². The van der Waals surface area contributed by atoms with Gasteiger partial charge in [-0.15, -0.1) is 11.3 Å². The van der Waals surface area contributed by atoms with E-state index in [0.717, 1.165) is 30.8 Å². The van der Waals surface area contributed by atoms with Gasteiger partial charge in [0, 0.05) is 18.0 Å². The summed E-state index contributed by atoms with van der Waals surface area (Å²) in [6.45, 7) is 4.35. The van der Waals surface area contributed by atoms with Gasteiger partial charge in [-0.3, -0.25) is 4.79 Å². The van der Waals surface area contributed by atoms with E-state index in [0.29, 0.717) is 13.0 Å². The molecule has 0 aliphatic rings. The normalized spacial score (nSPS) is 10.4. The molecule has 1 amide bonds. The highest BCUT2D eigenvalue weighted by Crippen LogP contribution is 2.10. The summed E-state index contributed by atoms with van der Waals surface area (Å²) < 4.78 is 0. The fourth-order valence-electron chi connectivity index (χ4n) is 1.58. The number of nitrogens with zero attached hydrogens (tertiary/aromatic N) is 1. The van der Waals surface area contributed by atoms with Gasteiger partial charge in [-0.2, -0.15) is 0 Å². The lowest BCUT2D eigenvalue weighted by molar-refractivity contribution is -0.130. The van der Waals surface area contributed by atoms with E-state index in [1.807, 2.05) is 29.3 Å². The summed E-state index contributed by atoms with van der Waals surface area (Å²) in [5.41, 5.74) is 5.44. The summed E-state index contributed by atoms with van der Waals surface area (Å²) in [5, 5.41) is 2.01. The Labute approximate surface area is 101 Å². The van der Waals surface area contributed by atoms with Crippen LogP contribution in [0.4, 0.5) is 0 Å². The Morgan fingerprint density at radius 2 is 2.31 bits per heavy atom. The second kappa shape index (κ2) is 7.41. The third-order valence-corrected chi connectivity index (χ3v) is 3.40. The number of hydrogen-bond acceptors (Lipinski definition) is 3. The molecular formula is C12H20N2OS. The minimum atomic E-state index is 0.224. The highest BCUT2D eigenvalue weighted by atomic mass is 32.1. The summed E-state index contributed by atoms with van der Waals surface area (Å²) in [6.07, 6.45) is 2.53. The molecule has 0 radical (unpaired) electrons. The zero-order chi connectivity index (χ0) is 11.8. The Morgan fingerprint density at radius 1 is 1.50 bits per heavy atom. The van der Waals surface area contributed by atoms with Gasteiger partial charge in [0.1, 0.15) is 0 Å². The number of carbonyl (C=O) groups excluding carboxylic acids is 1. The van der Waals surface area contributed by atoms with Crippen LogP contribution in [-0.4, -0.2) is 30.4 Å². The van der Waals surface area contributed by atoms with Gasteiger partial charge in [0.25, 0.3) is 0 Å². The topological polar surface area (TPSA) is 46.3 Å². The largest absolute Gasteiger partial charge is 0.343 e. The van der Waals surface area contributed by atoms with Gasteiger partial charge in [-0.05, 0) is 37.8 Å². The summed E-state index contributed by atoms with van der Waals surface area (Å²) in [7, 11) is 0. The van der Waals surface area contributed by atoms with Gasteiger partial charge >= 0.3 is 0 Å². The predicted octanol–water partition coefficient (Wildman–Crippen LogP) is 1.88. The molecule has 2 N–H and O–H groups in total. The zero-order valence-corrected chi connectivity index (χ0v) is 10.6. The molecule has 0 fully saturated rings. The van der Waals surface area contributed by atoms with Gasteiger partial charge in [-0.25, -0.2) is 0 Å². The fourth-order valence-corrected chi connectivity index (χ4v) is 2.28. The number of carbonyl (C=O) groups is 1. The Bertz CT molecular complexity index is 298. The molecule has 0 saturated carbocycles. The van der Waals surface area contributed by atoms with E-state index in [1.54, 1.807) is 11.3 Å². The monoisotopic (exact) mass is 240 g/mol. The molecule has 16 heavy (non-hydrogen) atoms. The second-order valence-corrected chi connectivity index (χ2v) is 4.76. The van der Waals surface area contributed by atoms with Crippen LogP contribution in [0.3, 0.4) is 0 Å². The lowest BCUT2D eigenvalue weighted by atomic mass is 10.2. The van der Waals surface area contributed by atoms with E-state index in [1.165, 1.54) is 0 Å². The fraction of sp³-hybridized carbons (Fsp3) is 0.583. The minimum Gasteiger partial charge on any atom is -0.343 e. The molecule has 0 aliphatic carbocycles. The molecule has 0 spiro atoms. The molecule has 0 aromatic carbocycles. The van der Waals surface area contributed by atoms with Crippen molar-refractivity contribution in [3.05, 3.63) is 22.4 Å². The van der Waals surface area contributed by atoms with Crippen LogP contribution in [0.2, 0.25) is 0 Å². The van der Waals surface area contributed by atoms with Crippen molar-refractivity contribution >= 4 is 17.2 Å². The van der Waals surface area contributed by atoms with E-state index in [-0.39, 0.29) is 5.91 Å². The van der Waals surface area contributed by atoms with Crippen molar-refractivity contribution in [1.29, 1.82) is 0 Å². The van der Waals surface area contributed by atoms with Gasteiger partial charge in [-0.1, -0.05) is 6.07 Å². The van der Waals surface area contributed by atoms with Crippen LogP contribution in [0, 0.1) is 0 Å². The molecule has 1 aromatic rings. The molecule has 1 heterocycles. The Morgan fingerprint density at radius 3 is 2.88 bits per heavy atom. The first-order valence-electron chi connectivity index (χ1n) is 5.78. The van der Waals surface area contributed by atoms with Gasteiger partial charge in [0.15, 0.2) is 0 Å². The molecule has 0 aliphatic heterocycles. The maximum atomic E-state index is 11.9. The molecule has 0 bridgehead atoms. The van der Waals surface area contributed by atoms with E-state index in [4.69, 9.17) is 5.73 Å². The first-order chi connectivity index (χ1) is 7.77. The van der Waals surface area contributed by atoms with Crippen LogP contribution in [0.25, 0.3) is 0 Å². The number of hydrogen-bond donors (Lipinski definition) is 1. The van der Waals surface area contributed by atoms with Crippen molar-refractivity contribution < 1.29 is 4.79 Å². The average molecular weight is 240 g/mol. The molecule has 0 saturated heterocycles. The number of nitrogens with two attached hydrogens (primary N) is 1. The molecule has 0 unspecified atom stereocenters. The van der Waals surface area contributed by atoms with Crippen molar-refractivity contribution in [2.75, 3.05) is 19.6 Å². The smallest absolute Gasteiger partial charge is 0.227 e. The van der Waals surface area contributed by atoms with E-state index in [2.05, 4.69) is 0 Å². The molecule has 90 valence electrons. The van der Waals surface area contributed by atoms with E-state index in [9.17, 15) is 4.79 Å². The quantitative estimate of drug-likeness (QED) is 0.740. The molecule has 4 heteroatoms. The summed E-state index contributed by atoms with van der Waals surface area (Å²) in [6, 6.07) is 3.99. The van der Waals surface area contributed by atoms with Gasteiger partial charge < -0.3 is 10.6 Å². The van der Waals surface area contributed by atoms with Crippen LogP contribution in [0.5, 0.6) is 0 Å². The lowest BCUT2D eigenvalue weighted by Gasteiger charge is -2.20. The molecule has 0 atom stereocenters. The summed E-state index contributed by atoms with van der Waals surface area (Å²) in [4.78, 5) is 15.0. The van der Waals surface area contributed by atoms with Crippen LogP contribution >= 0.6 is 11.3 Å². The van der Waals surface area contributed by atoms with Crippen LogP contribution in [0.15, 0.2) is 17.5 Å². The highest BCUT2D eigenvalue weighted by molar-refractivity contribution is 7.10. The van der Waals surface area contributed by atoms with Crippen molar-refractivity contribution in [3.8, 4) is 0 Å². The number of rotatable bonds is 7. The first-order valence-corrected chi connectivity index (χ1v) is 6.66. The van der Waals surface area contributed by atoms with Crippen LogP contribution < -0.4 is 5.73 Å². The van der Waals surface area contributed by atoms with Crippen LogP contribution in [0.1, 0.15) is 24.6 Å². The standard InChI is InChI=1S/C12H20N2OS/c1-2-14(8-4-3-7-13)12(15)10-11-6-5-9-16-11/h5-6,9H,2-4,7-8,10,13H2,1H3. The molecule has 1 aromatic heterocycles. The average Bonchev–Trinajstić information content (AvgIpc) is 2.77. The van der Waals surface area contributed by atoms with Crippen LogP contribution in [-0.2, 0) is 11.2 Å². The van der Waals surface area contributed by atoms with Gasteiger partial charge in [0.05, 0.1) is 6.42 Å². The number of thiophene rings is 1. The number of amides is 1. The van der Waals surface area contributed by atoms with Crippen molar-refractivity contribution in [2.45, 2.75) is 26.2 Å². The Hall–Kier alpha value is -0.870. The second-order valence-electron chi connectivity index (χ2n) is 3.73. The van der Waals surface area contributed by atoms with E-state index >= 15 is 0 Å². The minimum absolute atomic E-state index is 0.224. The highest BCUT2D eigenvalue weighted by Gasteiger charge is 2.11. The Balaban J connectivity index is 2.37. The maximum Gasteiger partial charge on any atom is 0.227 e. The first kappa shape index (κ1) is 13.2. The third-order valence-electron chi connectivity index (χ3n) is 2.52. The number of likely N-dealkylation sites (N-methyl/N-ethyl adjacent to an activating group) is 1. The third kappa shape index (κ3) is 4.33. The molecular weight excluding hydrogens is 220 g/mol. The molecule has 3 nitrogen and oxygen atoms in total. The number of unbranched alkanes of at least 4 members (excludes halogenated alkanes) is 1. The van der Waals surface area contributed by atoms with Crippen molar-refractivity contribution in [2.24, 2.45) is 5.73 Å². The SMILES string of the molecule is CCN(CCCCN)C(=O)Cc1cccs1. The molecule has 1 rings (SSSR count). The summed E-state index contributed by atoms with van der Waals surface area (Å²) >= 11 is 1.64. The van der Waals surface area contributed by atoms with E-state index < -0.39 is 0 Å². The predicted molar refractivity (Wildman–Crippen MR) is 68.6 cm³/mol. The van der Waals surface area contributed by atoms with Gasteiger partial charge in [0.2, 0.25) is 5.91 Å². The maximum absolute atomic E-state index is 11.9. The Kier molecular flexibility index (Phi) is 6.11. The zero-order valence-electron chi connectivity index (χ0n) is 9.82.